The summed E-state index contributed by atoms with van der Waals surface area (Å²) in [4.78, 5) is 11.3. The third-order valence-corrected chi connectivity index (χ3v) is 2.04. The molecular weight excluding hydrogens is 214 g/mol. The first-order valence-corrected chi connectivity index (χ1v) is 5.20. The second kappa shape index (κ2) is 6.92. The molecular formula is C13H13N3O. The zero-order chi connectivity index (χ0) is 12.5. The average Bonchev–Trinajstić information content (AvgIpc) is 2.37. The molecule has 0 atom stereocenters. The summed E-state index contributed by atoms with van der Waals surface area (Å²) in [6, 6.07) is 9.23. The summed E-state index contributed by atoms with van der Waals surface area (Å²) in [5.74, 6) is 2.37. The number of carbonyl (C=O) groups is 1. The Bertz CT molecular complexity index is 468. The largest absolute Gasteiger partial charge is 0.376 e. The summed E-state index contributed by atoms with van der Waals surface area (Å²) in [6.07, 6.45) is 5.59. The van der Waals surface area contributed by atoms with E-state index in [9.17, 15) is 4.79 Å². The van der Waals surface area contributed by atoms with Gasteiger partial charge in [-0.2, -0.15) is 5.26 Å². The number of terminal acetylenes is 1. The van der Waals surface area contributed by atoms with Crippen LogP contribution in [0.5, 0.6) is 0 Å². The van der Waals surface area contributed by atoms with Crippen LogP contribution in [0.4, 0.5) is 5.69 Å². The summed E-state index contributed by atoms with van der Waals surface area (Å²) in [7, 11) is 0. The Hall–Kier alpha value is -2.46. The SMILES string of the molecule is C#Cc1cccc(NCC(=O)NCCC#N)c1. The number of rotatable bonds is 5. The summed E-state index contributed by atoms with van der Waals surface area (Å²) in [6.45, 7) is 0.543. The molecule has 0 unspecified atom stereocenters. The third-order valence-electron chi connectivity index (χ3n) is 2.04. The van der Waals surface area contributed by atoms with Gasteiger partial charge in [-0.25, -0.2) is 0 Å². The van der Waals surface area contributed by atoms with Crippen LogP contribution in [-0.2, 0) is 4.79 Å². The van der Waals surface area contributed by atoms with Gasteiger partial charge in [0.1, 0.15) is 0 Å². The molecule has 0 radical (unpaired) electrons. The molecule has 1 amide bonds. The number of benzene rings is 1. The van der Waals surface area contributed by atoms with E-state index in [1.807, 2.05) is 24.3 Å². The zero-order valence-corrected chi connectivity index (χ0v) is 9.36. The lowest BCUT2D eigenvalue weighted by molar-refractivity contribution is -0.119. The highest BCUT2D eigenvalue weighted by molar-refractivity contribution is 5.80. The van der Waals surface area contributed by atoms with Crippen LogP contribution in [0, 0.1) is 23.7 Å². The van der Waals surface area contributed by atoms with Gasteiger partial charge in [-0.05, 0) is 18.2 Å². The van der Waals surface area contributed by atoms with Gasteiger partial charge in [0.25, 0.3) is 0 Å². The normalized spacial score (nSPS) is 8.82. The topological polar surface area (TPSA) is 64.9 Å². The molecule has 17 heavy (non-hydrogen) atoms. The second-order valence-electron chi connectivity index (χ2n) is 3.34. The highest BCUT2D eigenvalue weighted by Gasteiger charge is 2.00. The van der Waals surface area contributed by atoms with E-state index in [0.717, 1.165) is 11.3 Å². The Morgan fingerprint density at radius 2 is 2.29 bits per heavy atom. The summed E-state index contributed by atoms with van der Waals surface area (Å²) in [5.41, 5.74) is 1.57. The summed E-state index contributed by atoms with van der Waals surface area (Å²) >= 11 is 0. The quantitative estimate of drug-likeness (QED) is 0.585. The molecule has 86 valence electrons. The smallest absolute Gasteiger partial charge is 0.239 e. The Labute approximate surface area is 101 Å². The van der Waals surface area contributed by atoms with Gasteiger partial charge in [-0.3, -0.25) is 4.79 Å². The maximum Gasteiger partial charge on any atom is 0.239 e. The lowest BCUT2D eigenvalue weighted by Gasteiger charge is -2.06. The van der Waals surface area contributed by atoms with Gasteiger partial charge in [0.2, 0.25) is 5.91 Å². The summed E-state index contributed by atoms with van der Waals surface area (Å²) in [5, 5.41) is 13.9. The molecule has 4 nitrogen and oxygen atoms in total. The van der Waals surface area contributed by atoms with Crippen molar-refractivity contribution in [3.05, 3.63) is 29.8 Å². The van der Waals surface area contributed by atoms with Crippen LogP contribution in [0.25, 0.3) is 0 Å². The molecule has 1 aromatic carbocycles. The van der Waals surface area contributed by atoms with Crippen molar-refractivity contribution in [2.24, 2.45) is 0 Å². The van der Waals surface area contributed by atoms with Crippen molar-refractivity contribution in [1.29, 1.82) is 5.26 Å². The fourth-order valence-electron chi connectivity index (χ4n) is 1.22. The Morgan fingerprint density at radius 1 is 1.47 bits per heavy atom. The standard InChI is InChI=1S/C13H13N3O/c1-2-11-5-3-6-12(9-11)16-10-13(17)15-8-4-7-14/h1,3,5-6,9,16H,4,8,10H2,(H,15,17). The molecule has 0 spiro atoms. The van der Waals surface area contributed by atoms with Crippen molar-refractivity contribution in [3.8, 4) is 18.4 Å². The number of nitriles is 1. The molecule has 0 bridgehead atoms. The van der Waals surface area contributed by atoms with Crippen LogP contribution in [0.1, 0.15) is 12.0 Å². The van der Waals surface area contributed by atoms with Crippen molar-refractivity contribution < 1.29 is 4.79 Å². The van der Waals surface area contributed by atoms with Gasteiger partial charge in [-0.1, -0.05) is 12.0 Å². The van der Waals surface area contributed by atoms with Gasteiger partial charge < -0.3 is 10.6 Å². The number of amides is 1. The minimum absolute atomic E-state index is 0.147. The Balaban J connectivity index is 2.37. The minimum atomic E-state index is -0.147. The van der Waals surface area contributed by atoms with Gasteiger partial charge in [0.15, 0.2) is 0 Å². The van der Waals surface area contributed by atoms with Crippen LogP contribution in [0.15, 0.2) is 24.3 Å². The van der Waals surface area contributed by atoms with Crippen molar-refractivity contribution in [2.45, 2.75) is 6.42 Å². The number of nitrogens with one attached hydrogen (secondary N) is 2. The van der Waals surface area contributed by atoms with Crippen molar-refractivity contribution >= 4 is 11.6 Å². The molecule has 0 heterocycles. The van der Waals surface area contributed by atoms with Crippen LogP contribution < -0.4 is 10.6 Å². The van der Waals surface area contributed by atoms with Crippen LogP contribution >= 0.6 is 0 Å². The highest BCUT2D eigenvalue weighted by Crippen LogP contribution is 2.08. The molecule has 0 fully saturated rings. The first kappa shape index (κ1) is 12.6. The molecule has 2 N–H and O–H groups in total. The molecule has 0 aliphatic heterocycles. The summed E-state index contributed by atoms with van der Waals surface area (Å²) < 4.78 is 0. The molecule has 0 saturated carbocycles. The van der Waals surface area contributed by atoms with E-state index in [4.69, 9.17) is 11.7 Å². The minimum Gasteiger partial charge on any atom is -0.376 e. The van der Waals surface area contributed by atoms with Gasteiger partial charge in [0.05, 0.1) is 19.0 Å². The monoisotopic (exact) mass is 227 g/mol. The van der Waals surface area contributed by atoms with Crippen molar-refractivity contribution in [2.75, 3.05) is 18.4 Å². The zero-order valence-electron chi connectivity index (χ0n) is 9.36. The van der Waals surface area contributed by atoms with Crippen molar-refractivity contribution in [3.63, 3.8) is 0 Å². The molecule has 0 saturated heterocycles. The molecule has 1 aromatic rings. The van der Waals surface area contributed by atoms with Gasteiger partial charge in [-0.15, -0.1) is 6.42 Å². The Kier molecular flexibility index (Phi) is 5.13. The van der Waals surface area contributed by atoms with Gasteiger partial charge >= 0.3 is 0 Å². The average molecular weight is 227 g/mol. The number of anilines is 1. The van der Waals surface area contributed by atoms with Crippen LogP contribution in [0.2, 0.25) is 0 Å². The highest BCUT2D eigenvalue weighted by atomic mass is 16.1. The maximum atomic E-state index is 11.3. The second-order valence-corrected chi connectivity index (χ2v) is 3.34. The van der Waals surface area contributed by atoms with E-state index >= 15 is 0 Å². The molecule has 4 heteroatoms. The number of nitrogens with zero attached hydrogens (tertiary/aromatic N) is 1. The molecule has 0 aliphatic carbocycles. The van der Waals surface area contributed by atoms with Crippen molar-refractivity contribution in [1.82, 2.24) is 5.32 Å². The van der Waals surface area contributed by atoms with E-state index in [-0.39, 0.29) is 12.5 Å². The Morgan fingerprint density at radius 3 is 3.00 bits per heavy atom. The van der Waals surface area contributed by atoms with Crippen LogP contribution in [0.3, 0.4) is 0 Å². The molecule has 0 aromatic heterocycles. The molecule has 1 rings (SSSR count). The van der Waals surface area contributed by atoms with Crippen LogP contribution in [-0.4, -0.2) is 19.0 Å². The number of carbonyl (C=O) groups excluding carboxylic acids is 1. The van der Waals surface area contributed by atoms with E-state index in [0.29, 0.717) is 13.0 Å². The number of hydrogen-bond acceptors (Lipinski definition) is 3. The lowest BCUT2D eigenvalue weighted by atomic mass is 10.2. The first-order valence-electron chi connectivity index (χ1n) is 5.20. The lowest BCUT2D eigenvalue weighted by Crippen LogP contribution is -2.30. The maximum absolute atomic E-state index is 11.3. The van der Waals surface area contributed by atoms with E-state index in [2.05, 4.69) is 16.6 Å². The van der Waals surface area contributed by atoms with E-state index in [1.165, 1.54) is 0 Å². The number of hydrogen-bond donors (Lipinski definition) is 2. The predicted molar refractivity (Wildman–Crippen MR) is 66.1 cm³/mol. The fourth-order valence-corrected chi connectivity index (χ4v) is 1.22. The predicted octanol–water partition coefficient (Wildman–Crippen LogP) is 1.11. The fraction of sp³-hybridized carbons (Fsp3) is 0.231. The first-order chi connectivity index (χ1) is 8.26. The van der Waals surface area contributed by atoms with E-state index < -0.39 is 0 Å². The van der Waals surface area contributed by atoms with Gasteiger partial charge in [0, 0.05) is 17.8 Å². The van der Waals surface area contributed by atoms with E-state index in [1.54, 1.807) is 6.07 Å². The third kappa shape index (κ3) is 4.72. The molecule has 0 aliphatic rings.